The minimum atomic E-state index is -0.870. The van der Waals surface area contributed by atoms with E-state index in [0.29, 0.717) is 19.5 Å². The standard InChI is InChI=1S/C12H23N3O4/c1-3-9(7-11(17)18)8-15-12(19)14-6-5-10(16)13-4-2/h9H,3-8H2,1-2H3,(H,13,16)(H,17,18)(H2,14,15,19). The van der Waals surface area contributed by atoms with Gasteiger partial charge in [-0.2, -0.15) is 0 Å². The van der Waals surface area contributed by atoms with Gasteiger partial charge in [-0.25, -0.2) is 4.79 Å². The summed E-state index contributed by atoms with van der Waals surface area (Å²) in [4.78, 5) is 33.0. The van der Waals surface area contributed by atoms with Gasteiger partial charge in [0, 0.05) is 32.5 Å². The smallest absolute Gasteiger partial charge is 0.314 e. The predicted molar refractivity (Wildman–Crippen MR) is 70.7 cm³/mol. The second-order valence-electron chi connectivity index (χ2n) is 4.21. The number of aliphatic carboxylic acids is 1. The molecule has 0 aromatic carbocycles. The third-order valence-corrected chi connectivity index (χ3v) is 2.60. The minimum absolute atomic E-state index is 0.0374. The molecule has 0 saturated carbocycles. The van der Waals surface area contributed by atoms with E-state index in [1.165, 1.54) is 0 Å². The number of carbonyl (C=O) groups is 3. The van der Waals surface area contributed by atoms with Crippen LogP contribution in [0.4, 0.5) is 4.79 Å². The molecular formula is C12H23N3O4. The lowest BCUT2D eigenvalue weighted by Crippen LogP contribution is -2.40. The molecule has 0 aromatic rings. The lowest BCUT2D eigenvalue weighted by molar-refractivity contribution is -0.138. The number of hydrogen-bond donors (Lipinski definition) is 4. The number of urea groups is 1. The van der Waals surface area contributed by atoms with E-state index in [0.717, 1.165) is 0 Å². The molecule has 0 fully saturated rings. The summed E-state index contributed by atoms with van der Waals surface area (Å²) in [6, 6.07) is -0.381. The van der Waals surface area contributed by atoms with Gasteiger partial charge in [-0.15, -0.1) is 0 Å². The predicted octanol–water partition coefficient (Wildman–Crippen LogP) is 0.313. The fourth-order valence-electron chi connectivity index (χ4n) is 1.48. The molecule has 0 spiro atoms. The van der Waals surface area contributed by atoms with E-state index in [2.05, 4.69) is 16.0 Å². The van der Waals surface area contributed by atoms with Gasteiger partial charge < -0.3 is 21.1 Å². The summed E-state index contributed by atoms with van der Waals surface area (Å²) in [5, 5.41) is 16.4. The first-order valence-electron chi connectivity index (χ1n) is 6.49. The molecule has 7 nitrogen and oxygen atoms in total. The zero-order valence-electron chi connectivity index (χ0n) is 11.5. The monoisotopic (exact) mass is 273 g/mol. The highest BCUT2D eigenvalue weighted by molar-refractivity contribution is 5.78. The van der Waals surface area contributed by atoms with Crippen LogP contribution < -0.4 is 16.0 Å². The van der Waals surface area contributed by atoms with Crippen LogP contribution in [0.15, 0.2) is 0 Å². The number of carboxylic acid groups (broad SMARTS) is 1. The van der Waals surface area contributed by atoms with E-state index in [9.17, 15) is 14.4 Å². The zero-order valence-corrected chi connectivity index (χ0v) is 11.5. The summed E-state index contributed by atoms with van der Waals surface area (Å²) < 4.78 is 0. The van der Waals surface area contributed by atoms with Crippen molar-refractivity contribution in [3.63, 3.8) is 0 Å². The Morgan fingerprint density at radius 2 is 1.79 bits per heavy atom. The van der Waals surface area contributed by atoms with Crippen LogP contribution >= 0.6 is 0 Å². The molecule has 19 heavy (non-hydrogen) atoms. The minimum Gasteiger partial charge on any atom is -0.481 e. The van der Waals surface area contributed by atoms with E-state index in [1.54, 1.807) is 0 Å². The summed E-state index contributed by atoms with van der Waals surface area (Å²) in [5.74, 6) is -1.06. The van der Waals surface area contributed by atoms with Gasteiger partial charge in [-0.3, -0.25) is 9.59 Å². The van der Waals surface area contributed by atoms with E-state index in [-0.39, 0.29) is 37.2 Å². The van der Waals surface area contributed by atoms with Gasteiger partial charge in [-0.1, -0.05) is 13.3 Å². The van der Waals surface area contributed by atoms with Crippen molar-refractivity contribution >= 4 is 17.9 Å². The second-order valence-corrected chi connectivity index (χ2v) is 4.21. The molecule has 0 aromatic heterocycles. The maximum atomic E-state index is 11.4. The Balaban J connectivity index is 3.73. The average Bonchev–Trinajstić information content (AvgIpc) is 2.34. The van der Waals surface area contributed by atoms with Crippen LogP contribution in [-0.2, 0) is 9.59 Å². The summed E-state index contributed by atoms with van der Waals surface area (Å²) in [7, 11) is 0. The van der Waals surface area contributed by atoms with E-state index in [4.69, 9.17) is 5.11 Å². The Kier molecular flexibility index (Phi) is 9.20. The van der Waals surface area contributed by atoms with Gasteiger partial charge >= 0.3 is 12.0 Å². The quantitative estimate of drug-likeness (QED) is 0.485. The Morgan fingerprint density at radius 3 is 2.32 bits per heavy atom. The molecule has 0 aliphatic rings. The van der Waals surface area contributed by atoms with Crippen molar-refractivity contribution in [3.8, 4) is 0 Å². The molecule has 0 rings (SSSR count). The molecular weight excluding hydrogens is 250 g/mol. The largest absolute Gasteiger partial charge is 0.481 e. The third kappa shape index (κ3) is 9.87. The molecule has 4 N–H and O–H groups in total. The van der Waals surface area contributed by atoms with Crippen LogP contribution in [0.1, 0.15) is 33.1 Å². The summed E-state index contributed by atoms with van der Waals surface area (Å²) in [6.07, 6.45) is 0.953. The highest BCUT2D eigenvalue weighted by Crippen LogP contribution is 2.06. The SMILES string of the molecule is CCNC(=O)CCNC(=O)NCC(CC)CC(=O)O. The van der Waals surface area contributed by atoms with Crippen LogP contribution in [0.5, 0.6) is 0 Å². The molecule has 0 bridgehead atoms. The molecule has 0 heterocycles. The highest BCUT2D eigenvalue weighted by Gasteiger charge is 2.12. The normalized spacial score (nSPS) is 11.5. The van der Waals surface area contributed by atoms with Crippen molar-refractivity contribution in [2.24, 2.45) is 5.92 Å². The van der Waals surface area contributed by atoms with Gasteiger partial charge in [0.2, 0.25) is 5.91 Å². The number of carboxylic acids is 1. The molecule has 1 unspecified atom stereocenters. The van der Waals surface area contributed by atoms with Crippen molar-refractivity contribution < 1.29 is 19.5 Å². The maximum absolute atomic E-state index is 11.4. The van der Waals surface area contributed by atoms with Crippen molar-refractivity contribution in [1.29, 1.82) is 0 Å². The van der Waals surface area contributed by atoms with Crippen molar-refractivity contribution in [3.05, 3.63) is 0 Å². The Morgan fingerprint density at radius 1 is 1.11 bits per heavy atom. The molecule has 0 saturated heterocycles. The number of rotatable bonds is 9. The van der Waals surface area contributed by atoms with Crippen LogP contribution in [0, 0.1) is 5.92 Å². The molecule has 3 amide bonds. The maximum Gasteiger partial charge on any atom is 0.314 e. The second kappa shape index (κ2) is 10.2. The van der Waals surface area contributed by atoms with Crippen molar-refractivity contribution in [2.45, 2.75) is 33.1 Å². The molecule has 7 heteroatoms. The molecule has 0 aliphatic heterocycles. The van der Waals surface area contributed by atoms with Crippen molar-refractivity contribution in [1.82, 2.24) is 16.0 Å². The third-order valence-electron chi connectivity index (χ3n) is 2.60. The van der Waals surface area contributed by atoms with Crippen molar-refractivity contribution in [2.75, 3.05) is 19.6 Å². The Labute approximate surface area is 113 Å². The first-order valence-corrected chi connectivity index (χ1v) is 6.49. The summed E-state index contributed by atoms with van der Waals surface area (Å²) in [5.41, 5.74) is 0. The zero-order chi connectivity index (χ0) is 14.7. The molecule has 0 aliphatic carbocycles. The topological polar surface area (TPSA) is 108 Å². The van der Waals surface area contributed by atoms with Crippen LogP contribution in [0.25, 0.3) is 0 Å². The number of hydrogen-bond acceptors (Lipinski definition) is 3. The molecule has 0 radical (unpaired) electrons. The summed E-state index contributed by atoms with van der Waals surface area (Å²) >= 11 is 0. The van der Waals surface area contributed by atoms with Crippen LogP contribution in [-0.4, -0.2) is 42.6 Å². The lowest BCUT2D eigenvalue weighted by atomic mass is 10.0. The number of carbonyl (C=O) groups excluding carboxylic acids is 2. The number of amides is 3. The Hall–Kier alpha value is -1.79. The Bertz CT molecular complexity index is 307. The van der Waals surface area contributed by atoms with Crippen LogP contribution in [0.3, 0.4) is 0 Å². The number of nitrogens with one attached hydrogen (secondary N) is 3. The van der Waals surface area contributed by atoms with Gasteiger partial charge in [0.25, 0.3) is 0 Å². The van der Waals surface area contributed by atoms with Crippen LogP contribution in [0.2, 0.25) is 0 Å². The first kappa shape index (κ1) is 17.2. The van der Waals surface area contributed by atoms with Gasteiger partial charge in [-0.05, 0) is 12.8 Å². The first-order chi connectivity index (χ1) is 8.99. The van der Waals surface area contributed by atoms with Gasteiger partial charge in [0.15, 0.2) is 0 Å². The summed E-state index contributed by atoms with van der Waals surface area (Å²) in [6.45, 7) is 4.84. The van der Waals surface area contributed by atoms with E-state index < -0.39 is 5.97 Å². The molecule has 110 valence electrons. The molecule has 1 atom stereocenters. The highest BCUT2D eigenvalue weighted by atomic mass is 16.4. The fourth-order valence-corrected chi connectivity index (χ4v) is 1.48. The lowest BCUT2D eigenvalue weighted by Gasteiger charge is -2.13. The fraction of sp³-hybridized carbons (Fsp3) is 0.750. The van der Waals surface area contributed by atoms with Gasteiger partial charge in [0.1, 0.15) is 0 Å². The van der Waals surface area contributed by atoms with E-state index in [1.807, 2.05) is 13.8 Å². The average molecular weight is 273 g/mol. The van der Waals surface area contributed by atoms with E-state index >= 15 is 0 Å². The van der Waals surface area contributed by atoms with Gasteiger partial charge in [0.05, 0.1) is 0 Å².